The Balaban J connectivity index is 0.00000442. The Labute approximate surface area is 608 Å². The van der Waals surface area contributed by atoms with E-state index in [-0.39, 0.29) is 167 Å². The predicted molar refractivity (Wildman–Crippen MR) is 301 cm³/mol. The first-order valence-corrected chi connectivity index (χ1v) is 32.7. The minimum atomic E-state index is -5.70. The summed E-state index contributed by atoms with van der Waals surface area (Å²) in [7, 11) is -31.6. The Bertz CT molecular complexity index is 4770. The zero-order valence-electron chi connectivity index (χ0n) is 48.1. The number of aliphatic hydroxyl groups is 2. The van der Waals surface area contributed by atoms with E-state index in [2.05, 4.69) is 26.2 Å². The summed E-state index contributed by atoms with van der Waals surface area (Å²) in [6, 6.07) is 19.0. The van der Waals surface area contributed by atoms with Gasteiger partial charge in [-0.2, -0.15) is 10.2 Å². The number of aryl methyl sites for hydroxylation is 2. The summed E-state index contributed by atoms with van der Waals surface area (Å²) in [4.78, 5) is 22.9. The second-order valence-corrected chi connectivity index (χ2v) is 27.1. The number of allylic oxidation sites excluding steroid dienone is 2. The Morgan fingerprint density at radius 3 is 1.23 bits per heavy atom. The first-order chi connectivity index (χ1) is 40.6. The Morgan fingerprint density at radius 1 is 0.484 bits per heavy atom. The molecule has 0 amide bonds. The van der Waals surface area contributed by atoms with Crippen LogP contribution in [-0.2, 0) is 60.5 Å². The van der Waals surface area contributed by atoms with E-state index in [9.17, 15) is 93.7 Å². The topological polar surface area (TPSA) is 499 Å². The van der Waals surface area contributed by atoms with Crippen LogP contribution < -0.4 is 148 Å². The summed E-state index contributed by atoms with van der Waals surface area (Å²) in [6.07, 6.45) is 0.992. The number of benzene rings is 6. The van der Waals surface area contributed by atoms with Crippen molar-refractivity contribution in [1.82, 2.24) is 0 Å². The van der Waals surface area contributed by atoms with Crippen LogP contribution in [0.1, 0.15) is 43.0 Å². The summed E-state index contributed by atoms with van der Waals surface area (Å²) < 4.78 is 218. The number of ketones is 2. The second kappa shape index (κ2) is 31.1. The molecule has 0 fully saturated rings. The number of sulfonamides is 2. The van der Waals surface area contributed by atoms with Gasteiger partial charge in [0.1, 0.15) is 70.0 Å². The molecule has 458 valence electrons. The average Bonchev–Trinajstić information content (AvgIpc) is 0.853. The van der Waals surface area contributed by atoms with Gasteiger partial charge in [0.25, 0.3) is 20.0 Å². The number of fused-ring (bicyclic) bond motifs is 2. The van der Waals surface area contributed by atoms with Gasteiger partial charge in [-0.3, -0.25) is 35.1 Å². The van der Waals surface area contributed by atoms with Crippen molar-refractivity contribution in [2.24, 2.45) is 15.3 Å². The number of aliphatic hydroxyl groups excluding tert-OH is 2. The minimum Gasteiger partial charge on any atom is -0.744 e. The number of ether oxygens (including phenoxy) is 2. The summed E-state index contributed by atoms with van der Waals surface area (Å²) >= 11 is 0. The predicted octanol–water partition coefficient (Wildman–Crippen LogP) is -8.61. The Morgan fingerprint density at radius 2 is 0.857 bits per heavy atom. The third-order valence-corrected chi connectivity index (χ3v) is 18.2. The van der Waals surface area contributed by atoms with Crippen molar-refractivity contribution in [3.63, 3.8) is 0 Å². The molecule has 0 unspecified atom stereocenters. The molecule has 2 aliphatic carbocycles. The van der Waals surface area contributed by atoms with Crippen molar-refractivity contribution in [3.05, 3.63) is 152 Å². The fraction of sp³-hybridized carbons (Fsp3) is 0.120. The zero-order chi connectivity index (χ0) is 63.8. The van der Waals surface area contributed by atoms with Crippen LogP contribution in [0.2, 0.25) is 0 Å². The van der Waals surface area contributed by atoms with Gasteiger partial charge < -0.3 is 37.9 Å². The quantitative estimate of drug-likeness (QED) is 0.0109. The van der Waals surface area contributed by atoms with Crippen LogP contribution in [-0.4, -0.2) is 138 Å². The van der Waals surface area contributed by atoms with Gasteiger partial charge in [-0.05, 0) is 104 Å². The summed E-state index contributed by atoms with van der Waals surface area (Å²) in [5, 5.41) is 42.4. The SMILES string of the molecule is Cc1ccc(S(=O)(=O)Nc2cc(S(=O)(=O)[O-])cc3c2C(=O)C(=NNc2ccc(N=[N+](O)c4ccc(NN=C5C(=O)c6c(cc(S(=O)(=O)[O-])cc6NS(=O)(=O)c6ccc(C)cc6)C=C5S(=O)(=O)[O-])cc4OCCO)c(OCCO)c2)C(S(=O)(=O)[O-])=C3)cc1.[Na+].[Na+].[Na+].[Na+]. The largest absolute Gasteiger partial charge is 1.00 e. The molecule has 6 aromatic rings. The standard InChI is InChI=1S/C50H44N8O23S6.4Na/c1-27-3-9-33(10-4-27)82(64,65)56-38-25-35(84(68,69)70)19-29-21-43(86(74,75)76)47(49(61)45(29)38)53-51-31-7-13-37(41(23-31)80-17-15-59)55-58(63)40-14-8-32(24-42(40)81-18-16-60)52-54-48-44(87(77,78)79)22-30-20-36(85(71,72)73)26-39(46(30)50(48)62)57-83(66,67)34-11-5-28(2)6-12-34;;;;/h3-14,19-26,59-60,63H,15-18H2,1-2H3,(H7,52,56,57,61,62,68,69,70,71,72,73,74,75,76,77,78,79);;;;/q;4*+1/p-3. The Kier molecular flexibility index (Phi) is 26.9. The van der Waals surface area contributed by atoms with E-state index in [0.717, 1.165) is 36.4 Å². The minimum absolute atomic E-state index is 0. The van der Waals surface area contributed by atoms with Gasteiger partial charge in [0.15, 0.2) is 11.4 Å². The molecule has 7 N–H and O–H groups in total. The van der Waals surface area contributed by atoms with Crippen LogP contribution in [0.5, 0.6) is 11.5 Å². The van der Waals surface area contributed by atoms with Crippen molar-refractivity contribution in [1.29, 1.82) is 0 Å². The van der Waals surface area contributed by atoms with Crippen LogP contribution in [0.15, 0.2) is 154 Å². The van der Waals surface area contributed by atoms with Gasteiger partial charge in [0, 0.05) is 18.2 Å². The van der Waals surface area contributed by atoms with E-state index >= 15 is 0 Å². The fourth-order valence-corrected chi connectivity index (χ4v) is 12.6. The van der Waals surface area contributed by atoms with Crippen LogP contribution in [0, 0.1) is 13.8 Å². The molecule has 0 heterocycles. The number of hydrogen-bond donors (Lipinski definition) is 7. The number of hydrazone groups is 2. The van der Waals surface area contributed by atoms with Crippen LogP contribution in [0.3, 0.4) is 0 Å². The number of azo groups is 1. The molecule has 41 heteroatoms. The average molecular weight is 1410 g/mol. The summed E-state index contributed by atoms with van der Waals surface area (Å²) in [5.74, 6) is -3.59. The second-order valence-electron chi connectivity index (χ2n) is 18.2. The molecule has 2 aliphatic rings. The van der Waals surface area contributed by atoms with Crippen LogP contribution in [0.4, 0.5) is 34.1 Å². The molecule has 0 saturated heterocycles. The number of Topliss-reactive ketones (excluding diaryl/α,β-unsaturated/α-hetero) is 2. The molecule has 0 radical (unpaired) electrons. The van der Waals surface area contributed by atoms with E-state index in [4.69, 9.17) is 9.47 Å². The monoisotopic (exact) mass is 1410 g/mol. The Hall–Kier alpha value is -4.86. The molecule has 8 rings (SSSR count). The van der Waals surface area contributed by atoms with Gasteiger partial charge in [0.05, 0.1) is 81.6 Å². The molecule has 0 spiro atoms. The van der Waals surface area contributed by atoms with E-state index < -0.39 is 163 Å². The number of nitrogens with one attached hydrogen (secondary N) is 4. The first-order valence-electron chi connectivity index (χ1n) is 24.2. The fourth-order valence-electron chi connectivity index (χ4n) is 8.13. The van der Waals surface area contributed by atoms with Crippen molar-refractivity contribution < 1.29 is 226 Å². The smallest absolute Gasteiger partial charge is 0.744 e. The third kappa shape index (κ3) is 18.8. The molecule has 31 nitrogen and oxygen atoms in total. The molecule has 0 saturated carbocycles. The van der Waals surface area contributed by atoms with Crippen molar-refractivity contribution in [3.8, 4) is 11.5 Å². The van der Waals surface area contributed by atoms with E-state index in [1.807, 2.05) is 9.44 Å². The van der Waals surface area contributed by atoms with Gasteiger partial charge in [0.2, 0.25) is 17.3 Å². The van der Waals surface area contributed by atoms with Crippen molar-refractivity contribution >= 4 is 130 Å². The maximum Gasteiger partial charge on any atom is 1.00 e. The van der Waals surface area contributed by atoms with Gasteiger partial charge >= 0.3 is 124 Å². The molecule has 0 aliphatic heterocycles. The molecular weight excluding hydrogens is 1360 g/mol. The van der Waals surface area contributed by atoms with Crippen LogP contribution in [0.25, 0.3) is 12.2 Å². The van der Waals surface area contributed by atoms with Crippen LogP contribution >= 0.6 is 0 Å². The number of carbonyl (C=O) groups excluding carboxylic acids is 2. The van der Waals surface area contributed by atoms with Gasteiger partial charge in [-0.25, -0.2) is 50.5 Å². The molecule has 6 aromatic carbocycles. The summed E-state index contributed by atoms with van der Waals surface area (Å²) in [5.41, 5.74) is -1.89. The van der Waals surface area contributed by atoms with Gasteiger partial charge in [-0.15, -0.1) is 0 Å². The van der Waals surface area contributed by atoms with E-state index in [0.29, 0.717) is 47.5 Å². The molecule has 0 bridgehead atoms. The van der Waals surface area contributed by atoms with E-state index in [1.165, 1.54) is 48.5 Å². The maximum absolute atomic E-state index is 14.2. The maximum atomic E-state index is 14.2. The zero-order valence-corrected chi connectivity index (χ0v) is 61.0. The van der Waals surface area contributed by atoms with Gasteiger partial charge in [-0.1, -0.05) is 35.4 Å². The van der Waals surface area contributed by atoms with Crippen molar-refractivity contribution in [2.75, 3.05) is 46.7 Å². The molecule has 0 atom stereocenters. The number of rotatable bonds is 22. The summed E-state index contributed by atoms with van der Waals surface area (Å²) in [6.45, 7) is 1.12. The number of anilines is 4. The number of carbonyl (C=O) groups is 2. The number of hydrogen-bond acceptors (Lipinski definition) is 27. The normalized spacial score (nSPS) is 14.4. The molecular formula is C50H41N8Na4O23S6+. The third-order valence-electron chi connectivity index (χ3n) is 12.1. The van der Waals surface area contributed by atoms with E-state index in [1.54, 1.807) is 13.8 Å². The molecule has 0 aromatic heterocycles. The number of nitrogens with zero attached hydrogens (tertiary/aromatic N) is 4. The van der Waals surface area contributed by atoms with Crippen molar-refractivity contribution in [2.45, 2.75) is 33.4 Å². The first kappa shape index (κ1) is 78.6. The molecule has 91 heavy (non-hydrogen) atoms.